The molecule has 0 aliphatic rings. The van der Waals surface area contributed by atoms with E-state index in [9.17, 15) is 0 Å². The van der Waals surface area contributed by atoms with Crippen molar-refractivity contribution in [2.24, 2.45) is 0 Å². The van der Waals surface area contributed by atoms with Gasteiger partial charge in [0.15, 0.2) is 0 Å². The lowest BCUT2D eigenvalue weighted by molar-refractivity contribution is 0.624. The summed E-state index contributed by atoms with van der Waals surface area (Å²) in [6.07, 6.45) is 0. The molecule has 1 N–H and O–H groups in total. The van der Waals surface area contributed by atoms with Crippen molar-refractivity contribution in [3.05, 3.63) is 63.4 Å². The average Bonchev–Trinajstić information content (AvgIpc) is 2.40. The highest BCUT2D eigenvalue weighted by Crippen LogP contribution is 2.27. The van der Waals surface area contributed by atoms with Crippen LogP contribution in [0.25, 0.3) is 0 Å². The molecule has 20 heavy (non-hydrogen) atoms. The molecule has 1 aromatic heterocycles. The van der Waals surface area contributed by atoms with E-state index in [0.29, 0.717) is 0 Å². The number of benzene rings is 1. The zero-order valence-corrected chi connectivity index (χ0v) is 13.3. The summed E-state index contributed by atoms with van der Waals surface area (Å²) in [5.41, 5.74) is 5.59. The second-order valence-electron chi connectivity index (χ2n) is 5.13. The van der Waals surface area contributed by atoms with Crippen molar-refractivity contribution in [1.29, 1.82) is 0 Å². The van der Waals surface area contributed by atoms with E-state index in [-0.39, 0.29) is 6.04 Å². The molecule has 1 unspecified atom stereocenters. The molecule has 0 aliphatic carbocycles. The molecule has 0 saturated carbocycles. The molecule has 106 valence electrons. The van der Waals surface area contributed by atoms with Gasteiger partial charge in [-0.1, -0.05) is 36.7 Å². The second kappa shape index (κ2) is 6.38. The van der Waals surface area contributed by atoms with E-state index < -0.39 is 0 Å². The van der Waals surface area contributed by atoms with E-state index in [1.54, 1.807) is 0 Å². The first-order valence-corrected chi connectivity index (χ1v) is 7.34. The molecule has 1 heterocycles. The number of rotatable bonds is 4. The van der Waals surface area contributed by atoms with E-state index in [0.717, 1.165) is 28.5 Å². The standard InChI is InChI=1S/C17H21ClN2/c1-5-19-17(14-8-6-11(2)16(18)10-14)15-9-7-12(3)20-13(15)4/h6-10,17,19H,5H2,1-4H3. The first-order valence-electron chi connectivity index (χ1n) is 6.96. The fraction of sp³-hybridized carbons (Fsp3) is 0.353. The lowest BCUT2D eigenvalue weighted by Gasteiger charge is -2.21. The molecule has 0 radical (unpaired) electrons. The van der Waals surface area contributed by atoms with Crippen molar-refractivity contribution in [1.82, 2.24) is 10.3 Å². The number of pyridine rings is 1. The Morgan fingerprint density at radius 3 is 2.50 bits per heavy atom. The third-order valence-electron chi connectivity index (χ3n) is 3.51. The smallest absolute Gasteiger partial charge is 0.0595 e. The molecule has 2 aromatic rings. The van der Waals surface area contributed by atoms with Crippen LogP contribution in [0, 0.1) is 20.8 Å². The van der Waals surface area contributed by atoms with Gasteiger partial charge in [0.2, 0.25) is 0 Å². The lowest BCUT2D eigenvalue weighted by Crippen LogP contribution is -2.23. The number of aryl methyl sites for hydroxylation is 3. The van der Waals surface area contributed by atoms with Crippen LogP contribution in [-0.4, -0.2) is 11.5 Å². The maximum absolute atomic E-state index is 6.27. The van der Waals surface area contributed by atoms with Crippen molar-refractivity contribution < 1.29 is 0 Å². The molecular weight excluding hydrogens is 268 g/mol. The Morgan fingerprint density at radius 1 is 1.15 bits per heavy atom. The summed E-state index contributed by atoms with van der Waals surface area (Å²) in [7, 11) is 0. The minimum atomic E-state index is 0.131. The van der Waals surface area contributed by atoms with Crippen LogP contribution in [0.4, 0.5) is 0 Å². The molecule has 3 heteroatoms. The maximum Gasteiger partial charge on any atom is 0.0595 e. The first kappa shape index (κ1) is 15.0. The van der Waals surface area contributed by atoms with Crippen molar-refractivity contribution in [2.75, 3.05) is 6.54 Å². The van der Waals surface area contributed by atoms with Crippen LogP contribution in [0.2, 0.25) is 5.02 Å². The van der Waals surface area contributed by atoms with Crippen LogP contribution < -0.4 is 5.32 Å². The zero-order valence-electron chi connectivity index (χ0n) is 12.5. The molecule has 0 bridgehead atoms. The van der Waals surface area contributed by atoms with Gasteiger partial charge < -0.3 is 5.32 Å². The number of halogens is 1. The van der Waals surface area contributed by atoms with Crippen molar-refractivity contribution in [2.45, 2.75) is 33.7 Å². The average molecular weight is 289 g/mol. The van der Waals surface area contributed by atoms with E-state index >= 15 is 0 Å². The molecule has 0 saturated heterocycles. The predicted octanol–water partition coefficient (Wildman–Crippen LogP) is 4.36. The summed E-state index contributed by atoms with van der Waals surface area (Å²) < 4.78 is 0. The van der Waals surface area contributed by atoms with Gasteiger partial charge >= 0.3 is 0 Å². The van der Waals surface area contributed by atoms with Gasteiger partial charge in [0.25, 0.3) is 0 Å². The van der Waals surface area contributed by atoms with E-state index in [1.807, 2.05) is 19.9 Å². The van der Waals surface area contributed by atoms with Crippen molar-refractivity contribution in [3.8, 4) is 0 Å². The third kappa shape index (κ3) is 3.20. The van der Waals surface area contributed by atoms with Gasteiger partial charge in [-0.05, 0) is 56.1 Å². The SMILES string of the molecule is CCNC(c1ccc(C)c(Cl)c1)c1ccc(C)nc1C. The van der Waals surface area contributed by atoms with Crippen molar-refractivity contribution in [3.63, 3.8) is 0 Å². The molecule has 0 amide bonds. The maximum atomic E-state index is 6.27. The van der Waals surface area contributed by atoms with Crippen LogP contribution in [0.1, 0.15) is 41.0 Å². The Morgan fingerprint density at radius 2 is 1.90 bits per heavy atom. The highest BCUT2D eigenvalue weighted by atomic mass is 35.5. The Bertz CT molecular complexity index is 608. The predicted molar refractivity (Wildman–Crippen MR) is 85.4 cm³/mol. The summed E-state index contributed by atoms with van der Waals surface area (Å²) >= 11 is 6.27. The quantitative estimate of drug-likeness (QED) is 0.904. The largest absolute Gasteiger partial charge is 0.306 e. The first-order chi connectivity index (χ1) is 9.52. The molecule has 0 spiro atoms. The van der Waals surface area contributed by atoms with Crippen LogP contribution in [0.3, 0.4) is 0 Å². The highest BCUT2D eigenvalue weighted by Gasteiger charge is 2.16. The van der Waals surface area contributed by atoms with Gasteiger partial charge in [-0.15, -0.1) is 0 Å². The topological polar surface area (TPSA) is 24.9 Å². The summed E-state index contributed by atoms with van der Waals surface area (Å²) in [4.78, 5) is 4.57. The van der Waals surface area contributed by atoms with Crippen LogP contribution in [0.5, 0.6) is 0 Å². The fourth-order valence-electron chi connectivity index (χ4n) is 2.40. The molecule has 0 fully saturated rings. The zero-order chi connectivity index (χ0) is 14.7. The minimum Gasteiger partial charge on any atom is -0.306 e. The van der Waals surface area contributed by atoms with Gasteiger partial charge in [0.1, 0.15) is 0 Å². The monoisotopic (exact) mass is 288 g/mol. The molecule has 1 aromatic carbocycles. The Labute approximate surface area is 126 Å². The van der Waals surface area contributed by atoms with Gasteiger partial charge in [-0.3, -0.25) is 4.98 Å². The molecule has 2 rings (SSSR count). The number of aromatic nitrogens is 1. The summed E-state index contributed by atoms with van der Waals surface area (Å²) in [5.74, 6) is 0. The van der Waals surface area contributed by atoms with Crippen LogP contribution in [0.15, 0.2) is 30.3 Å². The number of hydrogen-bond acceptors (Lipinski definition) is 2. The Kier molecular flexibility index (Phi) is 4.79. The minimum absolute atomic E-state index is 0.131. The molecular formula is C17H21ClN2. The van der Waals surface area contributed by atoms with Gasteiger partial charge in [-0.2, -0.15) is 0 Å². The fourth-order valence-corrected chi connectivity index (χ4v) is 2.59. The summed E-state index contributed by atoms with van der Waals surface area (Å²) in [6, 6.07) is 10.6. The highest BCUT2D eigenvalue weighted by molar-refractivity contribution is 6.31. The number of nitrogens with zero attached hydrogens (tertiary/aromatic N) is 1. The summed E-state index contributed by atoms with van der Waals surface area (Å²) in [5, 5.41) is 4.33. The molecule has 0 aliphatic heterocycles. The number of hydrogen-bond donors (Lipinski definition) is 1. The second-order valence-corrected chi connectivity index (χ2v) is 5.53. The van der Waals surface area contributed by atoms with Gasteiger partial charge in [-0.25, -0.2) is 0 Å². The third-order valence-corrected chi connectivity index (χ3v) is 3.92. The van der Waals surface area contributed by atoms with E-state index in [4.69, 9.17) is 11.6 Å². The van der Waals surface area contributed by atoms with E-state index in [1.165, 1.54) is 11.1 Å². The molecule has 1 atom stereocenters. The molecule has 2 nitrogen and oxygen atoms in total. The Hall–Kier alpha value is -1.38. The van der Waals surface area contributed by atoms with Crippen LogP contribution >= 0.6 is 11.6 Å². The van der Waals surface area contributed by atoms with Crippen molar-refractivity contribution >= 4 is 11.6 Å². The van der Waals surface area contributed by atoms with Gasteiger partial charge in [0, 0.05) is 16.4 Å². The van der Waals surface area contributed by atoms with Crippen LogP contribution in [-0.2, 0) is 0 Å². The normalized spacial score (nSPS) is 12.4. The lowest BCUT2D eigenvalue weighted by atomic mass is 9.96. The summed E-state index contributed by atoms with van der Waals surface area (Å²) in [6.45, 7) is 9.10. The van der Waals surface area contributed by atoms with Gasteiger partial charge in [0.05, 0.1) is 6.04 Å². The van der Waals surface area contributed by atoms with E-state index in [2.05, 4.69) is 48.4 Å². The number of nitrogens with one attached hydrogen (secondary N) is 1. The Balaban J connectivity index is 2.47.